The zero-order chi connectivity index (χ0) is 19.1. The van der Waals surface area contributed by atoms with Gasteiger partial charge in [-0.15, -0.1) is 0 Å². The summed E-state index contributed by atoms with van der Waals surface area (Å²) < 4.78 is 10.9. The van der Waals surface area contributed by atoms with Crippen molar-refractivity contribution >= 4 is 11.6 Å². The molecule has 2 aliphatic rings. The molecular weight excluding hydrogens is 328 g/mol. The first-order chi connectivity index (χ1) is 12.3. The van der Waals surface area contributed by atoms with Crippen LogP contribution in [-0.2, 0) is 11.2 Å². The summed E-state index contributed by atoms with van der Waals surface area (Å²) in [6.45, 7) is 6.90. The lowest BCUT2D eigenvalue weighted by molar-refractivity contribution is -0.131. The number of carbonyl (C=O) groups excluding carboxylic acids is 1. The van der Waals surface area contributed by atoms with Gasteiger partial charge in [0.1, 0.15) is 0 Å². The molecule has 0 spiro atoms. The lowest BCUT2D eigenvalue weighted by atomic mass is 9.69. The molecule has 2 heterocycles. The topological polar surface area (TPSA) is 62.6 Å². The molecule has 0 N–H and O–H groups in total. The van der Waals surface area contributed by atoms with E-state index in [0.29, 0.717) is 36.0 Å². The van der Waals surface area contributed by atoms with Gasteiger partial charge in [-0.1, -0.05) is 20.8 Å². The molecule has 0 bridgehead atoms. The van der Waals surface area contributed by atoms with E-state index < -0.39 is 5.41 Å². The van der Waals surface area contributed by atoms with Crippen LogP contribution in [0.4, 0.5) is 0 Å². The predicted octanol–water partition coefficient (Wildman–Crippen LogP) is 3.78. The second-order valence-corrected chi connectivity index (χ2v) is 7.83. The van der Waals surface area contributed by atoms with Crippen molar-refractivity contribution in [3.8, 4) is 17.6 Å². The molecule has 2 aliphatic heterocycles. The standard InChI is InChI=1S/C21H26N2O3/c1-13(2)10-21(3)11-19(24)23-7-6-14-8-17(25-4)18(26-5)9-15(14)20(23)16(21)12-22/h8-9,13H,6-7,10-11H2,1-5H3. The van der Waals surface area contributed by atoms with E-state index in [2.05, 4.69) is 19.9 Å². The fraction of sp³-hybridized carbons (Fsp3) is 0.524. The van der Waals surface area contributed by atoms with E-state index in [1.54, 1.807) is 19.1 Å². The third-order valence-electron chi connectivity index (χ3n) is 5.39. The molecule has 1 aromatic rings. The Balaban J connectivity index is 2.26. The highest BCUT2D eigenvalue weighted by molar-refractivity contribution is 5.94. The monoisotopic (exact) mass is 354 g/mol. The van der Waals surface area contributed by atoms with Gasteiger partial charge in [-0.25, -0.2) is 0 Å². The highest BCUT2D eigenvalue weighted by atomic mass is 16.5. The van der Waals surface area contributed by atoms with E-state index in [9.17, 15) is 10.1 Å². The van der Waals surface area contributed by atoms with Crippen molar-refractivity contribution in [2.24, 2.45) is 11.3 Å². The summed E-state index contributed by atoms with van der Waals surface area (Å²) >= 11 is 0. The Hall–Kier alpha value is -2.48. The van der Waals surface area contributed by atoms with Crippen molar-refractivity contribution < 1.29 is 14.3 Å². The number of nitrogens with zero attached hydrogens (tertiary/aromatic N) is 2. The normalized spacial score (nSPS) is 22.0. The first-order valence-electron chi connectivity index (χ1n) is 9.05. The highest BCUT2D eigenvalue weighted by Crippen LogP contribution is 2.49. The van der Waals surface area contributed by atoms with E-state index in [1.807, 2.05) is 19.1 Å². The molecule has 0 saturated heterocycles. The van der Waals surface area contributed by atoms with Gasteiger partial charge in [0.15, 0.2) is 11.5 Å². The molecule has 0 saturated carbocycles. The number of methoxy groups -OCH3 is 2. The van der Waals surface area contributed by atoms with Gasteiger partial charge in [-0.2, -0.15) is 5.26 Å². The lowest BCUT2D eigenvalue weighted by Gasteiger charge is -2.43. The van der Waals surface area contributed by atoms with Gasteiger partial charge in [0.05, 0.1) is 31.6 Å². The van der Waals surface area contributed by atoms with Crippen molar-refractivity contribution in [2.75, 3.05) is 20.8 Å². The molecule has 0 radical (unpaired) electrons. The largest absolute Gasteiger partial charge is 0.493 e. The number of ether oxygens (including phenoxy) is 2. The van der Waals surface area contributed by atoms with Crippen molar-refractivity contribution in [3.63, 3.8) is 0 Å². The maximum absolute atomic E-state index is 12.9. The van der Waals surface area contributed by atoms with E-state index in [-0.39, 0.29) is 5.91 Å². The molecule has 1 unspecified atom stereocenters. The highest BCUT2D eigenvalue weighted by Gasteiger charge is 2.44. The Bertz CT molecular complexity index is 819. The molecule has 26 heavy (non-hydrogen) atoms. The van der Waals surface area contributed by atoms with Gasteiger partial charge >= 0.3 is 0 Å². The summed E-state index contributed by atoms with van der Waals surface area (Å²) in [6, 6.07) is 6.31. The van der Waals surface area contributed by atoms with Crippen LogP contribution in [0.25, 0.3) is 5.70 Å². The Morgan fingerprint density at radius 3 is 2.50 bits per heavy atom. The molecule has 5 nitrogen and oxygen atoms in total. The van der Waals surface area contributed by atoms with E-state index >= 15 is 0 Å². The van der Waals surface area contributed by atoms with E-state index in [0.717, 1.165) is 29.7 Å². The molecule has 0 fully saturated rings. The zero-order valence-electron chi connectivity index (χ0n) is 16.2. The quantitative estimate of drug-likeness (QED) is 0.825. The summed E-state index contributed by atoms with van der Waals surface area (Å²) in [5.74, 6) is 1.78. The van der Waals surface area contributed by atoms with E-state index in [1.165, 1.54) is 0 Å². The maximum atomic E-state index is 12.9. The van der Waals surface area contributed by atoms with Crippen molar-refractivity contribution in [2.45, 2.75) is 40.0 Å². The van der Waals surface area contributed by atoms with Crippen LogP contribution in [0, 0.1) is 22.7 Å². The van der Waals surface area contributed by atoms with Gasteiger partial charge in [0.25, 0.3) is 0 Å². The van der Waals surface area contributed by atoms with Crippen LogP contribution >= 0.6 is 0 Å². The summed E-state index contributed by atoms with van der Waals surface area (Å²) in [5, 5.41) is 10.0. The van der Waals surface area contributed by atoms with Crippen LogP contribution in [-0.4, -0.2) is 31.6 Å². The van der Waals surface area contributed by atoms with Gasteiger partial charge < -0.3 is 14.4 Å². The average Bonchev–Trinajstić information content (AvgIpc) is 2.59. The molecule has 138 valence electrons. The van der Waals surface area contributed by atoms with E-state index in [4.69, 9.17) is 9.47 Å². The minimum atomic E-state index is -0.437. The molecule has 1 aromatic carbocycles. The lowest BCUT2D eigenvalue weighted by Crippen LogP contribution is -2.44. The fourth-order valence-electron chi connectivity index (χ4n) is 4.42. The first kappa shape index (κ1) is 18.3. The number of allylic oxidation sites excluding steroid dienone is 1. The van der Waals surface area contributed by atoms with Gasteiger partial charge in [0.2, 0.25) is 5.91 Å². The summed E-state index contributed by atoms with van der Waals surface area (Å²) in [7, 11) is 3.21. The number of amides is 1. The van der Waals surface area contributed by atoms with Gasteiger partial charge in [-0.05, 0) is 36.5 Å². The molecular formula is C21H26N2O3. The second-order valence-electron chi connectivity index (χ2n) is 7.83. The molecule has 0 aromatic heterocycles. The number of rotatable bonds is 4. The third kappa shape index (κ3) is 2.84. The van der Waals surface area contributed by atoms with Crippen molar-refractivity contribution in [1.82, 2.24) is 4.90 Å². The van der Waals surface area contributed by atoms with Gasteiger partial charge in [-0.3, -0.25) is 4.79 Å². The number of carbonyl (C=O) groups is 1. The Kier molecular flexibility index (Phi) is 4.70. The number of hydrogen-bond acceptors (Lipinski definition) is 4. The number of fused-ring (bicyclic) bond motifs is 3. The van der Waals surface area contributed by atoms with Gasteiger partial charge in [0, 0.05) is 23.9 Å². The molecule has 0 aliphatic carbocycles. The van der Waals surface area contributed by atoms with Crippen LogP contribution in [0.1, 0.15) is 44.7 Å². The molecule has 1 amide bonds. The van der Waals surface area contributed by atoms with Crippen LogP contribution in [0.3, 0.4) is 0 Å². The van der Waals surface area contributed by atoms with Crippen LogP contribution in [0.2, 0.25) is 0 Å². The van der Waals surface area contributed by atoms with Crippen LogP contribution in [0.5, 0.6) is 11.5 Å². The summed E-state index contributed by atoms with van der Waals surface area (Å²) in [6.07, 6.45) is 1.94. The number of hydrogen-bond donors (Lipinski definition) is 0. The van der Waals surface area contributed by atoms with Crippen LogP contribution < -0.4 is 9.47 Å². The minimum Gasteiger partial charge on any atom is -0.493 e. The van der Waals surface area contributed by atoms with Crippen molar-refractivity contribution in [3.05, 3.63) is 28.8 Å². The third-order valence-corrected chi connectivity index (χ3v) is 5.39. The Labute approximate surface area is 155 Å². The first-order valence-corrected chi connectivity index (χ1v) is 9.05. The summed E-state index contributed by atoms with van der Waals surface area (Å²) in [5.41, 5.74) is 3.03. The number of nitriles is 1. The smallest absolute Gasteiger partial charge is 0.227 e. The Morgan fingerprint density at radius 2 is 1.92 bits per heavy atom. The SMILES string of the molecule is COc1cc2c(cc1OC)C1=C(C#N)C(C)(CC(C)C)CC(=O)N1CC2. The van der Waals surface area contributed by atoms with Crippen molar-refractivity contribution in [1.29, 1.82) is 5.26 Å². The maximum Gasteiger partial charge on any atom is 0.227 e. The summed E-state index contributed by atoms with van der Waals surface area (Å²) in [4.78, 5) is 14.7. The van der Waals surface area contributed by atoms with Crippen LogP contribution in [0.15, 0.2) is 17.7 Å². The average molecular weight is 354 g/mol. The zero-order valence-corrected chi connectivity index (χ0v) is 16.2. The molecule has 5 heteroatoms. The second kappa shape index (κ2) is 6.68. The molecule has 3 rings (SSSR count). The predicted molar refractivity (Wildman–Crippen MR) is 99.7 cm³/mol. The Morgan fingerprint density at radius 1 is 1.27 bits per heavy atom. The number of benzene rings is 1. The fourth-order valence-corrected chi connectivity index (χ4v) is 4.42. The minimum absolute atomic E-state index is 0.0996. The molecule has 1 atom stereocenters.